The molecule has 2 bridgehead atoms. The highest BCUT2D eigenvalue weighted by atomic mass is 16.3. The lowest BCUT2D eigenvalue weighted by Crippen LogP contribution is -2.22. The molecule has 2 nitrogen and oxygen atoms in total. The summed E-state index contributed by atoms with van der Waals surface area (Å²) < 4.78 is 9.10. The van der Waals surface area contributed by atoms with Gasteiger partial charge in [-0.1, -0.05) is 104 Å². The summed E-state index contributed by atoms with van der Waals surface area (Å²) in [4.78, 5) is 0. The molecule has 2 heterocycles. The lowest BCUT2D eigenvalue weighted by atomic mass is 9.73. The van der Waals surface area contributed by atoms with Crippen LogP contribution in [0.5, 0.6) is 0 Å². The summed E-state index contributed by atoms with van der Waals surface area (Å²) in [5.41, 5.74) is 13.3. The van der Waals surface area contributed by atoms with E-state index in [-0.39, 0.29) is 16.2 Å². The zero-order valence-electron chi connectivity index (χ0n) is 26.5. The molecule has 2 aromatic heterocycles. The third-order valence-electron chi connectivity index (χ3n) is 9.90. The van der Waals surface area contributed by atoms with Gasteiger partial charge in [0.1, 0.15) is 11.2 Å². The van der Waals surface area contributed by atoms with Crippen LogP contribution in [0.2, 0.25) is 0 Å². The third-order valence-corrected chi connectivity index (χ3v) is 9.90. The van der Waals surface area contributed by atoms with Gasteiger partial charge in [-0.15, -0.1) is 0 Å². The predicted molar refractivity (Wildman–Crippen MR) is 183 cm³/mol. The first-order valence-electron chi connectivity index (χ1n) is 15.5. The topological polar surface area (TPSA) is 18.1 Å². The van der Waals surface area contributed by atoms with E-state index in [0.29, 0.717) is 0 Å². The lowest BCUT2D eigenvalue weighted by Gasteiger charge is -2.32. The number of nitrogens with zero attached hydrogens (tertiary/aromatic N) is 1. The number of fused-ring (bicyclic) bond motifs is 6. The molecule has 0 N–H and O–H groups in total. The Hall–Kier alpha value is -4.30. The molecular formula is C41H39NO. The van der Waals surface area contributed by atoms with Crippen molar-refractivity contribution in [3.63, 3.8) is 0 Å². The SMILES string of the molecule is CC(C)(C)c1ccc2c(c1)c1cc(C(C)(C)C)ccc1n2-c1ccc2oc3cccc4c3c2c1C(C)(C)c1cccc-4c1. The third kappa shape index (κ3) is 3.65. The quantitative estimate of drug-likeness (QED) is 0.195. The van der Waals surface area contributed by atoms with E-state index in [4.69, 9.17) is 4.42 Å². The minimum atomic E-state index is -0.269. The molecule has 0 unspecified atom stereocenters. The number of hydrogen-bond donors (Lipinski definition) is 0. The number of benzene rings is 5. The molecule has 0 saturated carbocycles. The van der Waals surface area contributed by atoms with Crippen LogP contribution in [0.15, 0.2) is 95.4 Å². The highest BCUT2D eigenvalue weighted by Gasteiger charge is 2.34. The highest BCUT2D eigenvalue weighted by molar-refractivity contribution is 6.16. The van der Waals surface area contributed by atoms with E-state index in [0.717, 1.165) is 11.2 Å². The minimum absolute atomic E-state index is 0.0600. The van der Waals surface area contributed by atoms with Gasteiger partial charge in [0, 0.05) is 27.0 Å². The molecule has 0 spiro atoms. The van der Waals surface area contributed by atoms with Crippen LogP contribution in [0.25, 0.3) is 60.6 Å². The first-order chi connectivity index (χ1) is 20.3. The van der Waals surface area contributed by atoms with Gasteiger partial charge in [0.2, 0.25) is 0 Å². The van der Waals surface area contributed by atoms with Crippen LogP contribution in [0, 0.1) is 0 Å². The van der Waals surface area contributed by atoms with Crippen molar-refractivity contribution in [2.45, 2.75) is 71.6 Å². The molecule has 0 atom stereocenters. The van der Waals surface area contributed by atoms with Crippen LogP contribution < -0.4 is 0 Å². The van der Waals surface area contributed by atoms with Crippen molar-refractivity contribution in [3.8, 4) is 16.8 Å². The molecule has 1 aliphatic rings. The second-order valence-electron chi connectivity index (χ2n) is 15.1. The number of aromatic nitrogens is 1. The second-order valence-corrected chi connectivity index (χ2v) is 15.1. The Kier molecular flexibility index (Phi) is 5.15. The summed E-state index contributed by atoms with van der Waals surface area (Å²) in [6.45, 7) is 18.6. The Morgan fingerprint density at radius 1 is 0.605 bits per heavy atom. The standard InChI is InChI=1S/C41H39NO/c1-39(2,3)25-15-17-31-29(22-25)30-23-26(40(4,5)6)16-18-32(30)42(31)33-19-20-35-37-36-28(13-10-14-34(36)43-35)24-11-9-12-27(21-24)41(7,8)38(33)37/h9-23H,1-8H3. The molecule has 1 aliphatic carbocycles. The molecule has 0 radical (unpaired) electrons. The fourth-order valence-corrected chi connectivity index (χ4v) is 7.39. The maximum atomic E-state index is 6.58. The van der Waals surface area contributed by atoms with E-state index in [1.165, 1.54) is 71.6 Å². The smallest absolute Gasteiger partial charge is 0.136 e. The van der Waals surface area contributed by atoms with Crippen LogP contribution in [0.3, 0.4) is 0 Å². The molecule has 8 rings (SSSR count). The number of furan rings is 1. The van der Waals surface area contributed by atoms with Gasteiger partial charge in [-0.05, 0) is 86.7 Å². The number of rotatable bonds is 1. The number of hydrogen-bond acceptors (Lipinski definition) is 1. The van der Waals surface area contributed by atoms with Gasteiger partial charge in [0.15, 0.2) is 0 Å². The Labute approximate surface area is 253 Å². The van der Waals surface area contributed by atoms with Crippen molar-refractivity contribution < 1.29 is 4.42 Å². The molecule has 43 heavy (non-hydrogen) atoms. The van der Waals surface area contributed by atoms with Crippen molar-refractivity contribution in [2.24, 2.45) is 0 Å². The molecule has 0 saturated heterocycles. The van der Waals surface area contributed by atoms with E-state index in [2.05, 4.69) is 151 Å². The summed E-state index contributed by atoms with van der Waals surface area (Å²) >= 11 is 0. The van der Waals surface area contributed by atoms with E-state index in [1.54, 1.807) is 0 Å². The Balaban J connectivity index is 1.57. The molecule has 0 fully saturated rings. The largest absolute Gasteiger partial charge is 0.456 e. The van der Waals surface area contributed by atoms with Gasteiger partial charge >= 0.3 is 0 Å². The van der Waals surface area contributed by atoms with E-state index in [9.17, 15) is 0 Å². The van der Waals surface area contributed by atoms with Crippen molar-refractivity contribution in [3.05, 3.63) is 113 Å². The summed E-state index contributed by atoms with van der Waals surface area (Å²) in [5.74, 6) is 0. The van der Waals surface area contributed by atoms with Crippen molar-refractivity contribution in [2.75, 3.05) is 0 Å². The first-order valence-corrected chi connectivity index (χ1v) is 15.5. The summed E-state index contributed by atoms with van der Waals surface area (Å²) in [6, 6.07) is 34.3. The van der Waals surface area contributed by atoms with Crippen LogP contribution >= 0.6 is 0 Å². The Morgan fingerprint density at radius 2 is 1.21 bits per heavy atom. The first kappa shape index (κ1) is 26.3. The average molecular weight is 562 g/mol. The predicted octanol–water partition coefficient (Wildman–Crippen LogP) is 11.6. The van der Waals surface area contributed by atoms with E-state index >= 15 is 0 Å². The van der Waals surface area contributed by atoms with Crippen LogP contribution in [-0.2, 0) is 16.2 Å². The maximum Gasteiger partial charge on any atom is 0.136 e. The second kappa shape index (κ2) is 8.41. The highest BCUT2D eigenvalue weighted by Crippen LogP contribution is 2.50. The Bertz CT molecular complexity index is 2200. The summed E-state index contributed by atoms with van der Waals surface area (Å²) in [7, 11) is 0. The molecule has 0 amide bonds. The normalized spacial score (nSPS) is 14.7. The molecule has 2 heteroatoms. The summed E-state index contributed by atoms with van der Waals surface area (Å²) in [6.07, 6.45) is 0. The molecular weight excluding hydrogens is 522 g/mol. The van der Waals surface area contributed by atoms with Crippen molar-refractivity contribution in [1.82, 2.24) is 4.57 Å². The average Bonchev–Trinajstić information content (AvgIpc) is 3.50. The molecule has 7 aromatic rings. The van der Waals surface area contributed by atoms with Gasteiger partial charge < -0.3 is 8.98 Å². The van der Waals surface area contributed by atoms with E-state index < -0.39 is 0 Å². The zero-order valence-corrected chi connectivity index (χ0v) is 26.5. The van der Waals surface area contributed by atoms with E-state index in [1.807, 2.05) is 0 Å². The van der Waals surface area contributed by atoms with Gasteiger partial charge in [0.05, 0.1) is 16.7 Å². The zero-order chi connectivity index (χ0) is 30.1. The van der Waals surface area contributed by atoms with Gasteiger partial charge in [-0.2, -0.15) is 0 Å². The minimum Gasteiger partial charge on any atom is -0.456 e. The fourth-order valence-electron chi connectivity index (χ4n) is 7.39. The molecule has 214 valence electrons. The van der Waals surface area contributed by atoms with Crippen LogP contribution in [-0.4, -0.2) is 4.57 Å². The van der Waals surface area contributed by atoms with Crippen molar-refractivity contribution >= 4 is 43.7 Å². The van der Waals surface area contributed by atoms with Crippen LogP contribution in [0.4, 0.5) is 0 Å². The van der Waals surface area contributed by atoms with Gasteiger partial charge in [0.25, 0.3) is 0 Å². The molecule has 0 aliphatic heterocycles. The van der Waals surface area contributed by atoms with Gasteiger partial charge in [-0.25, -0.2) is 0 Å². The fraction of sp³-hybridized carbons (Fsp3) is 0.268. The van der Waals surface area contributed by atoms with Crippen molar-refractivity contribution in [1.29, 1.82) is 0 Å². The monoisotopic (exact) mass is 561 g/mol. The van der Waals surface area contributed by atoms with Gasteiger partial charge in [-0.3, -0.25) is 0 Å². The Morgan fingerprint density at radius 3 is 1.84 bits per heavy atom. The summed E-state index contributed by atoms with van der Waals surface area (Å²) in [5, 5.41) is 5.06. The lowest BCUT2D eigenvalue weighted by molar-refractivity contribution is 0.590. The van der Waals surface area contributed by atoms with Crippen LogP contribution in [0.1, 0.15) is 77.6 Å². The molecule has 5 aromatic carbocycles. The maximum absolute atomic E-state index is 6.58.